The molecule has 0 spiro atoms. The predicted molar refractivity (Wildman–Crippen MR) is 87.6 cm³/mol. The fraction of sp³-hybridized carbons (Fsp3) is 0.765. The van der Waals surface area contributed by atoms with Gasteiger partial charge in [-0.1, -0.05) is 6.42 Å². The largest absolute Gasteiger partial charge is 0.473 e. The van der Waals surface area contributed by atoms with Gasteiger partial charge in [-0.2, -0.15) is 4.98 Å². The topological polar surface area (TPSA) is 78.7 Å². The molecule has 1 saturated carbocycles. The molecule has 1 aliphatic carbocycles. The summed E-state index contributed by atoms with van der Waals surface area (Å²) in [5, 5.41) is 18.8. The van der Waals surface area contributed by atoms with Gasteiger partial charge < -0.3 is 19.8 Å². The molecular weight excluding hydrogens is 294 g/mol. The number of hydrogen-bond donors (Lipinski definition) is 2. The van der Waals surface area contributed by atoms with Crippen LogP contribution in [0.15, 0.2) is 12.4 Å². The number of aliphatic hydroxyl groups excluding tert-OH is 2. The zero-order valence-corrected chi connectivity index (χ0v) is 13.6. The van der Waals surface area contributed by atoms with Gasteiger partial charge in [0, 0.05) is 13.1 Å². The first-order valence-electron chi connectivity index (χ1n) is 8.79. The highest BCUT2D eigenvalue weighted by molar-refractivity contribution is 5.38. The smallest absolute Gasteiger partial charge is 0.234 e. The zero-order chi connectivity index (χ0) is 16.1. The molecule has 1 aromatic rings. The molecule has 2 fully saturated rings. The lowest BCUT2D eigenvalue weighted by Gasteiger charge is -2.34. The first-order chi connectivity index (χ1) is 11.3. The van der Waals surface area contributed by atoms with Crippen LogP contribution < -0.4 is 9.64 Å². The van der Waals surface area contributed by atoms with Gasteiger partial charge in [-0.05, 0) is 44.4 Å². The van der Waals surface area contributed by atoms with Gasteiger partial charge in [0.15, 0.2) is 5.82 Å². The molecule has 2 aliphatic rings. The number of rotatable bonds is 5. The summed E-state index contributed by atoms with van der Waals surface area (Å²) in [5.41, 5.74) is 0. The van der Waals surface area contributed by atoms with Crippen LogP contribution in [-0.4, -0.2) is 52.1 Å². The van der Waals surface area contributed by atoms with Crippen LogP contribution in [0.25, 0.3) is 0 Å². The van der Waals surface area contributed by atoms with Crippen molar-refractivity contribution in [2.75, 3.05) is 24.6 Å². The normalized spacial score (nSPS) is 22.1. The molecule has 6 nitrogen and oxygen atoms in total. The minimum absolute atomic E-state index is 0.158. The predicted octanol–water partition coefficient (Wildman–Crippen LogP) is 1.76. The van der Waals surface area contributed by atoms with E-state index >= 15 is 0 Å². The van der Waals surface area contributed by atoms with Crippen LogP contribution in [0.1, 0.15) is 44.9 Å². The lowest BCUT2D eigenvalue weighted by atomic mass is 9.92. The molecule has 1 aromatic heterocycles. The third-order valence-corrected chi connectivity index (χ3v) is 5.03. The number of aliphatic hydroxyl groups is 2. The van der Waals surface area contributed by atoms with Crippen LogP contribution in [0.2, 0.25) is 0 Å². The second kappa shape index (κ2) is 7.93. The van der Waals surface area contributed by atoms with Gasteiger partial charge >= 0.3 is 0 Å². The van der Waals surface area contributed by atoms with Crippen molar-refractivity contribution in [2.45, 2.75) is 57.2 Å². The maximum atomic E-state index is 9.75. The van der Waals surface area contributed by atoms with Crippen molar-refractivity contribution >= 4 is 5.82 Å². The quantitative estimate of drug-likeness (QED) is 0.860. The van der Waals surface area contributed by atoms with Crippen molar-refractivity contribution in [3.63, 3.8) is 0 Å². The number of anilines is 1. The monoisotopic (exact) mass is 321 g/mol. The number of nitrogens with zero attached hydrogens (tertiary/aromatic N) is 3. The Morgan fingerprint density at radius 3 is 2.57 bits per heavy atom. The Labute approximate surface area is 137 Å². The first kappa shape index (κ1) is 16.5. The van der Waals surface area contributed by atoms with Gasteiger partial charge in [0.1, 0.15) is 6.10 Å². The van der Waals surface area contributed by atoms with Crippen molar-refractivity contribution in [1.82, 2.24) is 9.97 Å². The second-order valence-electron chi connectivity index (χ2n) is 6.67. The molecule has 1 unspecified atom stereocenters. The Morgan fingerprint density at radius 2 is 1.87 bits per heavy atom. The molecule has 0 radical (unpaired) electrons. The van der Waals surface area contributed by atoms with Crippen molar-refractivity contribution in [2.24, 2.45) is 5.92 Å². The van der Waals surface area contributed by atoms with Crippen LogP contribution in [0.3, 0.4) is 0 Å². The van der Waals surface area contributed by atoms with E-state index in [0.29, 0.717) is 5.88 Å². The highest BCUT2D eigenvalue weighted by atomic mass is 16.5. The van der Waals surface area contributed by atoms with E-state index in [-0.39, 0.29) is 18.6 Å². The summed E-state index contributed by atoms with van der Waals surface area (Å²) >= 11 is 0. The minimum atomic E-state index is -0.607. The van der Waals surface area contributed by atoms with Gasteiger partial charge in [0.05, 0.1) is 25.1 Å². The van der Waals surface area contributed by atoms with Crippen LogP contribution >= 0.6 is 0 Å². The number of hydrogen-bond acceptors (Lipinski definition) is 6. The number of aromatic nitrogens is 2. The molecule has 23 heavy (non-hydrogen) atoms. The Kier molecular flexibility index (Phi) is 5.67. The van der Waals surface area contributed by atoms with E-state index in [1.54, 1.807) is 12.4 Å². The molecule has 0 amide bonds. The van der Waals surface area contributed by atoms with Gasteiger partial charge in [-0.3, -0.25) is 4.98 Å². The molecule has 2 N–H and O–H groups in total. The van der Waals surface area contributed by atoms with E-state index < -0.39 is 6.10 Å². The summed E-state index contributed by atoms with van der Waals surface area (Å²) in [6.07, 6.45) is 10.8. The molecule has 6 heteroatoms. The molecule has 0 aromatic carbocycles. The molecule has 2 heterocycles. The Balaban J connectivity index is 1.57. The van der Waals surface area contributed by atoms with Crippen LogP contribution in [0.4, 0.5) is 5.82 Å². The zero-order valence-electron chi connectivity index (χ0n) is 13.6. The summed E-state index contributed by atoms with van der Waals surface area (Å²) in [7, 11) is 0. The maximum Gasteiger partial charge on any atom is 0.234 e. The fourth-order valence-corrected chi connectivity index (χ4v) is 3.56. The number of ether oxygens (including phenoxy) is 1. The lowest BCUT2D eigenvalue weighted by molar-refractivity contribution is 0.0376. The van der Waals surface area contributed by atoms with E-state index in [2.05, 4.69) is 14.9 Å². The first-order valence-corrected chi connectivity index (χ1v) is 8.79. The molecule has 1 atom stereocenters. The van der Waals surface area contributed by atoms with E-state index in [0.717, 1.165) is 44.6 Å². The van der Waals surface area contributed by atoms with Crippen molar-refractivity contribution in [1.29, 1.82) is 0 Å². The SMILES string of the molecule is OCC(O)C1CCN(c2cncc(OC3CCCCC3)n2)CC1. The average Bonchev–Trinajstić information content (AvgIpc) is 2.62. The van der Waals surface area contributed by atoms with Crippen molar-refractivity contribution in [3.8, 4) is 5.88 Å². The third kappa shape index (κ3) is 4.32. The maximum absolute atomic E-state index is 9.75. The Morgan fingerprint density at radius 1 is 1.13 bits per heavy atom. The summed E-state index contributed by atoms with van der Waals surface area (Å²) in [6, 6.07) is 0. The average molecular weight is 321 g/mol. The van der Waals surface area contributed by atoms with E-state index in [1.807, 2.05) is 0 Å². The number of piperidine rings is 1. The Hall–Kier alpha value is -1.40. The molecule has 128 valence electrons. The second-order valence-corrected chi connectivity index (χ2v) is 6.67. The summed E-state index contributed by atoms with van der Waals surface area (Å²) in [5.74, 6) is 1.63. The van der Waals surface area contributed by atoms with Gasteiger partial charge in [0.2, 0.25) is 5.88 Å². The Bertz CT molecular complexity index is 486. The minimum Gasteiger partial charge on any atom is -0.473 e. The van der Waals surface area contributed by atoms with Gasteiger partial charge in [-0.25, -0.2) is 0 Å². The highest BCUT2D eigenvalue weighted by Crippen LogP contribution is 2.26. The third-order valence-electron chi connectivity index (χ3n) is 5.03. The molecular formula is C17H27N3O3. The summed E-state index contributed by atoms with van der Waals surface area (Å²) in [6.45, 7) is 1.49. The van der Waals surface area contributed by atoms with Crippen LogP contribution in [0.5, 0.6) is 5.88 Å². The molecule has 1 saturated heterocycles. The highest BCUT2D eigenvalue weighted by Gasteiger charge is 2.25. The lowest BCUT2D eigenvalue weighted by Crippen LogP contribution is -2.39. The molecule has 1 aliphatic heterocycles. The molecule has 3 rings (SSSR count). The van der Waals surface area contributed by atoms with E-state index in [1.165, 1.54) is 19.3 Å². The van der Waals surface area contributed by atoms with Crippen molar-refractivity contribution in [3.05, 3.63) is 12.4 Å². The summed E-state index contributed by atoms with van der Waals surface area (Å²) < 4.78 is 5.99. The molecule has 0 bridgehead atoms. The standard InChI is InChI=1S/C17H27N3O3/c21-12-15(22)13-6-8-20(9-7-13)16-10-18-11-17(19-16)23-14-4-2-1-3-5-14/h10-11,13-15,21-22H,1-9,12H2. The van der Waals surface area contributed by atoms with Crippen LogP contribution in [-0.2, 0) is 0 Å². The summed E-state index contributed by atoms with van der Waals surface area (Å²) in [4.78, 5) is 11.1. The van der Waals surface area contributed by atoms with Gasteiger partial charge in [0.25, 0.3) is 0 Å². The van der Waals surface area contributed by atoms with E-state index in [4.69, 9.17) is 9.84 Å². The van der Waals surface area contributed by atoms with Crippen molar-refractivity contribution < 1.29 is 14.9 Å². The van der Waals surface area contributed by atoms with Crippen LogP contribution in [0, 0.1) is 5.92 Å². The fourth-order valence-electron chi connectivity index (χ4n) is 3.56. The van der Waals surface area contributed by atoms with E-state index in [9.17, 15) is 5.11 Å². The van der Waals surface area contributed by atoms with Gasteiger partial charge in [-0.15, -0.1) is 0 Å².